The van der Waals surface area contributed by atoms with Crippen LogP contribution < -0.4 is 5.32 Å². The fourth-order valence-corrected chi connectivity index (χ4v) is 2.14. The van der Waals surface area contributed by atoms with E-state index in [4.69, 9.17) is 4.98 Å². The molecule has 0 spiro atoms. The third kappa shape index (κ3) is 2.99. The second kappa shape index (κ2) is 5.87. The Labute approximate surface area is 124 Å². The van der Waals surface area contributed by atoms with Crippen LogP contribution in [0.5, 0.6) is 0 Å². The summed E-state index contributed by atoms with van der Waals surface area (Å²) in [5, 5.41) is 4.48. The highest BCUT2D eigenvalue weighted by Gasteiger charge is 2.09. The molecule has 0 amide bonds. The Balaban J connectivity index is 2.10. The van der Waals surface area contributed by atoms with E-state index in [-0.39, 0.29) is 0 Å². The molecule has 0 fully saturated rings. The smallest absolute Gasteiger partial charge is 0.162 e. The van der Waals surface area contributed by atoms with Crippen LogP contribution in [-0.4, -0.2) is 21.5 Å². The normalized spacial score (nSPS) is 11.0. The van der Waals surface area contributed by atoms with Crippen LogP contribution in [0, 0.1) is 5.92 Å². The average Bonchev–Trinajstić information content (AvgIpc) is 2.53. The van der Waals surface area contributed by atoms with E-state index >= 15 is 0 Å². The zero-order valence-electron chi connectivity index (χ0n) is 12.2. The summed E-state index contributed by atoms with van der Waals surface area (Å²) in [5.41, 5.74) is 1.92. The van der Waals surface area contributed by atoms with E-state index in [9.17, 15) is 0 Å². The van der Waals surface area contributed by atoms with E-state index < -0.39 is 0 Å². The third-order valence-corrected chi connectivity index (χ3v) is 3.22. The molecule has 0 radical (unpaired) electrons. The van der Waals surface area contributed by atoms with Gasteiger partial charge < -0.3 is 5.32 Å². The number of nitrogens with one attached hydrogen (secondary N) is 1. The highest BCUT2D eigenvalue weighted by atomic mass is 15.0. The minimum atomic E-state index is 0.558. The molecule has 106 valence electrons. The number of para-hydroxylation sites is 1. The van der Waals surface area contributed by atoms with Crippen molar-refractivity contribution in [1.82, 2.24) is 15.0 Å². The zero-order chi connectivity index (χ0) is 14.7. The number of anilines is 1. The van der Waals surface area contributed by atoms with E-state index in [1.165, 1.54) is 0 Å². The molecule has 3 aromatic rings. The van der Waals surface area contributed by atoms with Gasteiger partial charge in [0, 0.05) is 29.9 Å². The monoisotopic (exact) mass is 278 g/mol. The van der Waals surface area contributed by atoms with Gasteiger partial charge in [-0.25, -0.2) is 9.97 Å². The third-order valence-electron chi connectivity index (χ3n) is 3.22. The Hall–Kier alpha value is -2.49. The van der Waals surface area contributed by atoms with E-state index in [1.54, 1.807) is 12.4 Å². The van der Waals surface area contributed by atoms with Gasteiger partial charge in [0.2, 0.25) is 0 Å². The highest BCUT2D eigenvalue weighted by molar-refractivity contribution is 5.90. The Morgan fingerprint density at radius 2 is 1.76 bits per heavy atom. The van der Waals surface area contributed by atoms with E-state index in [0.29, 0.717) is 5.92 Å². The fourth-order valence-electron chi connectivity index (χ4n) is 2.14. The summed E-state index contributed by atoms with van der Waals surface area (Å²) in [6, 6.07) is 11.9. The van der Waals surface area contributed by atoms with Crippen LogP contribution in [0.25, 0.3) is 22.3 Å². The van der Waals surface area contributed by atoms with Crippen molar-refractivity contribution in [3.63, 3.8) is 0 Å². The second-order valence-electron chi connectivity index (χ2n) is 5.42. The molecule has 4 nitrogen and oxygen atoms in total. The lowest BCUT2D eigenvalue weighted by molar-refractivity contribution is 0.687. The Bertz CT molecular complexity index is 738. The molecule has 1 N–H and O–H groups in total. The summed E-state index contributed by atoms with van der Waals surface area (Å²) in [7, 11) is 0. The van der Waals surface area contributed by atoms with Crippen molar-refractivity contribution in [3.05, 3.63) is 48.8 Å². The molecule has 3 rings (SSSR count). The van der Waals surface area contributed by atoms with Gasteiger partial charge >= 0.3 is 0 Å². The maximum atomic E-state index is 4.69. The van der Waals surface area contributed by atoms with Gasteiger partial charge in [-0.05, 0) is 30.2 Å². The summed E-state index contributed by atoms with van der Waals surface area (Å²) in [4.78, 5) is 13.4. The van der Waals surface area contributed by atoms with Gasteiger partial charge in [0.15, 0.2) is 5.82 Å². The summed E-state index contributed by atoms with van der Waals surface area (Å²) < 4.78 is 0. The molecule has 0 bridgehead atoms. The molecule has 0 aliphatic carbocycles. The van der Waals surface area contributed by atoms with Gasteiger partial charge in [-0.2, -0.15) is 0 Å². The molecular weight excluding hydrogens is 260 g/mol. The summed E-state index contributed by atoms with van der Waals surface area (Å²) in [5.74, 6) is 2.17. The largest absolute Gasteiger partial charge is 0.369 e. The molecule has 0 unspecified atom stereocenters. The lowest BCUT2D eigenvalue weighted by atomic mass is 10.2. The van der Waals surface area contributed by atoms with Crippen LogP contribution in [0.4, 0.5) is 5.82 Å². The van der Waals surface area contributed by atoms with Gasteiger partial charge in [-0.15, -0.1) is 0 Å². The molecule has 0 atom stereocenters. The maximum absolute atomic E-state index is 4.69. The van der Waals surface area contributed by atoms with Gasteiger partial charge in [0.1, 0.15) is 5.82 Å². The zero-order valence-corrected chi connectivity index (χ0v) is 12.2. The van der Waals surface area contributed by atoms with Gasteiger partial charge in [-0.3, -0.25) is 4.98 Å². The summed E-state index contributed by atoms with van der Waals surface area (Å²) >= 11 is 0. The fraction of sp³-hybridized carbons (Fsp3) is 0.235. The van der Waals surface area contributed by atoms with Gasteiger partial charge in [0.05, 0.1) is 5.52 Å². The molecule has 0 aliphatic heterocycles. The molecule has 2 heterocycles. The number of benzene rings is 1. The molecule has 1 aromatic carbocycles. The van der Waals surface area contributed by atoms with Gasteiger partial charge in [-0.1, -0.05) is 26.0 Å². The first-order valence-electron chi connectivity index (χ1n) is 7.15. The second-order valence-corrected chi connectivity index (χ2v) is 5.42. The van der Waals surface area contributed by atoms with Crippen molar-refractivity contribution >= 4 is 16.7 Å². The summed E-state index contributed by atoms with van der Waals surface area (Å²) in [6.45, 7) is 5.25. The molecule has 0 saturated carbocycles. The predicted molar refractivity (Wildman–Crippen MR) is 86.1 cm³/mol. The quantitative estimate of drug-likeness (QED) is 0.789. The average molecular weight is 278 g/mol. The topological polar surface area (TPSA) is 50.7 Å². The molecule has 0 aliphatic rings. The number of nitrogens with zero attached hydrogens (tertiary/aromatic N) is 3. The van der Waals surface area contributed by atoms with Crippen molar-refractivity contribution in [2.45, 2.75) is 13.8 Å². The van der Waals surface area contributed by atoms with Crippen LogP contribution in [-0.2, 0) is 0 Å². The SMILES string of the molecule is CC(C)CNc1nc(-c2ccncc2)nc2ccccc12. The highest BCUT2D eigenvalue weighted by Crippen LogP contribution is 2.24. The first kappa shape index (κ1) is 13.5. The first-order valence-corrected chi connectivity index (χ1v) is 7.15. The van der Waals surface area contributed by atoms with Gasteiger partial charge in [0.25, 0.3) is 0 Å². The Kier molecular flexibility index (Phi) is 3.77. The van der Waals surface area contributed by atoms with Crippen LogP contribution in [0.3, 0.4) is 0 Å². The van der Waals surface area contributed by atoms with Crippen LogP contribution >= 0.6 is 0 Å². The number of rotatable bonds is 4. The van der Waals surface area contributed by atoms with Crippen molar-refractivity contribution in [1.29, 1.82) is 0 Å². The standard InChI is InChI=1S/C17H18N4/c1-12(2)11-19-17-14-5-3-4-6-15(14)20-16(21-17)13-7-9-18-10-8-13/h3-10,12H,11H2,1-2H3,(H,19,20,21). The number of hydrogen-bond donors (Lipinski definition) is 1. The minimum Gasteiger partial charge on any atom is -0.369 e. The lowest BCUT2D eigenvalue weighted by Crippen LogP contribution is -2.10. The van der Waals surface area contributed by atoms with Crippen LogP contribution in [0.2, 0.25) is 0 Å². The van der Waals surface area contributed by atoms with Crippen LogP contribution in [0.1, 0.15) is 13.8 Å². The molecule has 21 heavy (non-hydrogen) atoms. The summed E-state index contributed by atoms with van der Waals surface area (Å²) in [6.07, 6.45) is 3.52. The van der Waals surface area contributed by atoms with Crippen molar-refractivity contribution < 1.29 is 0 Å². The predicted octanol–water partition coefficient (Wildman–Crippen LogP) is 3.76. The number of pyridine rings is 1. The van der Waals surface area contributed by atoms with Crippen molar-refractivity contribution in [3.8, 4) is 11.4 Å². The number of aromatic nitrogens is 3. The lowest BCUT2D eigenvalue weighted by Gasteiger charge is -2.12. The Morgan fingerprint density at radius 3 is 2.52 bits per heavy atom. The molecular formula is C17H18N4. The number of fused-ring (bicyclic) bond motifs is 1. The van der Waals surface area contributed by atoms with Crippen LogP contribution in [0.15, 0.2) is 48.8 Å². The van der Waals surface area contributed by atoms with Crippen molar-refractivity contribution in [2.24, 2.45) is 5.92 Å². The number of hydrogen-bond acceptors (Lipinski definition) is 4. The molecule has 2 aromatic heterocycles. The maximum Gasteiger partial charge on any atom is 0.162 e. The van der Waals surface area contributed by atoms with E-state index in [2.05, 4.69) is 29.1 Å². The molecule has 0 saturated heterocycles. The van der Waals surface area contributed by atoms with Crippen molar-refractivity contribution in [2.75, 3.05) is 11.9 Å². The van der Waals surface area contributed by atoms with E-state index in [0.717, 1.165) is 34.7 Å². The molecule has 4 heteroatoms. The minimum absolute atomic E-state index is 0.558. The first-order chi connectivity index (χ1) is 10.2. The Morgan fingerprint density at radius 1 is 1.00 bits per heavy atom. The van der Waals surface area contributed by atoms with E-state index in [1.807, 2.05) is 36.4 Å².